The number of carbonyl (C=O) groups is 2. The number of likely N-dealkylation sites (tertiary alicyclic amines) is 1. The standard InChI is InChI=1S/C26H25FN4O3/c1-17(2)34-25(33)30-12-10-19-13-23-18(15-29-31(23)21-8-6-20(27)7-9-21)14-26(19,16-30)24(32)22-5-3-4-11-28-22/h3-9,11,13,15,17H,10,12,14,16H2,1-2H3. The fraction of sp³-hybridized carbons (Fsp3) is 0.308. The SMILES string of the molecule is CC(C)OC(=O)N1CCC2=Cc3c(cnn3-c3ccc(F)cc3)CC2(C(=O)c2ccccn2)C1. The number of ketones is 1. The number of fused-ring (bicyclic) bond motifs is 2. The van der Waals surface area contributed by atoms with Crippen LogP contribution in [0.15, 0.2) is 60.4 Å². The zero-order valence-electron chi connectivity index (χ0n) is 19.1. The number of Topliss-reactive ketones (excluding diaryl/α,β-unsaturated/α-hetero) is 1. The molecule has 1 unspecified atom stereocenters. The molecule has 7 nitrogen and oxygen atoms in total. The first kappa shape index (κ1) is 22.0. The smallest absolute Gasteiger partial charge is 0.410 e. The van der Waals surface area contributed by atoms with Gasteiger partial charge in [0, 0.05) is 19.3 Å². The number of aromatic nitrogens is 3. The van der Waals surface area contributed by atoms with Crippen LogP contribution in [0.5, 0.6) is 0 Å². The summed E-state index contributed by atoms with van der Waals surface area (Å²) in [6.07, 6.45) is 5.58. The van der Waals surface area contributed by atoms with Crippen molar-refractivity contribution in [3.05, 3.63) is 83.2 Å². The third kappa shape index (κ3) is 3.79. The largest absolute Gasteiger partial charge is 0.447 e. The van der Waals surface area contributed by atoms with Gasteiger partial charge in [-0.25, -0.2) is 13.9 Å². The molecule has 0 bridgehead atoms. The first-order chi connectivity index (χ1) is 16.4. The molecule has 174 valence electrons. The molecule has 0 N–H and O–H groups in total. The lowest BCUT2D eigenvalue weighted by Gasteiger charge is -2.45. The predicted molar refractivity (Wildman–Crippen MR) is 124 cm³/mol. The molecule has 1 aromatic carbocycles. The van der Waals surface area contributed by atoms with Gasteiger partial charge >= 0.3 is 6.09 Å². The van der Waals surface area contributed by atoms with Crippen molar-refractivity contribution in [2.24, 2.45) is 5.41 Å². The molecule has 0 spiro atoms. The Hall–Kier alpha value is -3.81. The fourth-order valence-corrected chi connectivity index (χ4v) is 4.81. The molecule has 34 heavy (non-hydrogen) atoms. The maximum absolute atomic E-state index is 13.9. The normalized spacial score (nSPS) is 19.3. The summed E-state index contributed by atoms with van der Waals surface area (Å²) in [5, 5.41) is 4.53. The first-order valence-electron chi connectivity index (χ1n) is 11.3. The second-order valence-corrected chi connectivity index (χ2v) is 9.02. The van der Waals surface area contributed by atoms with E-state index in [0.29, 0.717) is 25.1 Å². The molecule has 1 aliphatic carbocycles. The number of benzene rings is 1. The lowest BCUT2D eigenvalue weighted by Crippen LogP contribution is -2.53. The number of hydrogen-bond donors (Lipinski definition) is 0. The Labute approximate surface area is 196 Å². The highest BCUT2D eigenvalue weighted by atomic mass is 19.1. The van der Waals surface area contributed by atoms with E-state index in [9.17, 15) is 14.0 Å². The van der Waals surface area contributed by atoms with Gasteiger partial charge in [-0.2, -0.15) is 5.10 Å². The van der Waals surface area contributed by atoms with Gasteiger partial charge in [-0.3, -0.25) is 9.78 Å². The number of nitrogens with zero attached hydrogens (tertiary/aromatic N) is 4. The summed E-state index contributed by atoms with van der Waals surface area (Å²) >= 11 is 0. The molecule has 2 aliphatic rings. The predicted octanol–water partition coefficient (Wildman–Crippen LogP) is 4.47. The molecule has 1 saturated heterocycles. The lowest BCUT2D eigenvalue weighted by atomic mass is 9.65. The molecule has 2 aromatic heterocycles. The molecule has 8 heteroatoms. The van der Waals surface area contributed by atoms with Crippen molar-refractivity contribution in [1.82, 2.24) is 19.7 Å². The Balaban J connectivity index is 1.57. The number of carbonyl (C=O) groups excluding carboxylic acids is 2. The van der Waals surface area contributed by atoms with Crippen LogP contribution in [-0.2, 0) is 11.2 Å². The summed E-state index contributed by atoms with van der Waals surface area (Å²) in [6, 6.07) is 11.4. The van der Waals surface area contributed by atoms with E-state index in [4.69, 9.17) is 4.74 Å². The molecule has 3 aromatic rings. The second-order valence-electron chi connectivity index (χ2n) is 9.02. The van der Waals surface area contributed by atoms with Gasteiger partial charge in [0.05, 0.1) is 29.1 Å². The Morgan fingerprint density at radius 2 is 1.94 bits per heavy atom. The van der Waals surface area contributed by atoms with Crippen LogP contribution in [-0.4, -0.2) is 50.7 Å². The summed E-state index contributed by atoms with van der Waals surface area (Å²) in [4.78, 5) is 32.6. The summed E-state index contributed by atoms with van der Waals surface area (Å²) < 4.78 is 20.6. The van der Waals surface area contributed by atoms with Gasteiger partial charge in [-0.1, -0.05) is 11.6 Å². The van der Waals surface area contributed by atoms with Crippen LogP contribution < -0.4 is 0 Å². The highest BCUT2D eigenvalue weighted by molar-refractivity contribution is 6.03. The van der Waals surface area contributed by atoms with Crippen molar-refractivity contribution in [2.75, 3.05) is 13.1 Å². The lowest BCUT2D eigenvalue weighted by molar-refractivity contribution is 0.0498. The minimum Gasteiger partial charge on any atom is -0.447 e. The average molecular weight is 461 g/mol. The van der Waals surface area contributed by atoms with Crippen molar-refractivity contribution >= 4 is 18.0 Å². The zero-order valence-corrected chi connectivity index (χ0v) is 19.1. The monoisotopic (exact) mass is 460 g/mol. The number of ether oxygens (including phenoxy) is 1. The first-order valence-corrected chi connectivity index (χ1v) is 11.3. The molecular formula is C26H25FN4O3. The van der Waals surface area contributed by atoms with E-state index < -0.39 is 11.5 Å². The number of pyridine rings is 1. The number of piperidine rings is 1. The molecule has 1 amide bonds. The van der Waals surface area contributed by atoms with Gasteiger partial charge in [0.1, 0.15) is 11.5 Å². The number of halogens is 1. The van der Waals surface area contributed by atoms with Crippen LogP contribution in [0.3, 0.4) is 0 Å². The quantitative estimate of drug-likeness (QED) is 0.537. The van der Waals surface area contributed by atoms with E-state index in [-0.39, 0.29) is 24.2 Å². The van der Waals surface area contributed by atoms with E-state index in [1.54, 1.807) is 66.2 Å². The molecule has 1 atom stereocenters. The second kappa shape index (κ2) is 8.52. The van der Waals surface area contributed by atoms with E-state index in [1.165, 1.54) is 12.1 Å². The highest BCUT2D eigenvalue weighted by Crippen LogP contribution is 2.46. The van der Waals surface area contributed by atoms with Crippen LogP contribution in [0.1, 0.15) is 42.0 Å². The maximum atomic E-state index is 13.9. The molecule has 1 aliphatic heterocycles. The summed E-state index contributed by atoms with van der Waals surface area (Å²) in [5.74, 6) is -0.440. The van der Waals surface area contributed by atoms with Gasteiger partial charge in [-0.05, 0) is 74.7 Å². The van der Waals surface area contributed by atoms with E-state index >= 15 is 0 Å². The van der Waals surface area contributed by atoms with Crippen LogP contribution >= 0.6 is 0 Å². The van der Waals surface area contributed by atoms with Crippen molar-refractivity contribution in [3.8, 4) is 5.69 Å². The molecular weight excluding hydrogens is 435 g/mol. The third-order valence-electron chi connectivity index (χ3n) is 6.41. The molecule has 0 radical (unpaired) electrons. The van der Waals surface area contributed by atoms with Crippen molar-refractivity contribution < 1.29 is 18.7 Å². The highest BCUT2D eigenvalue weighted by Gasteiger charge is 2.50. The van der Waals surface area contributed by atoms with Gasteiger partial charge in [0.25, 0.3) is 0 Å². The van der Waals surface area contributed by atoms with E-state index in [1.807, 2.05) is 6.08 Å². The maximum Gasteiger partial charge on any atom is 0.410 e. The Bertz CT molecular complexity index is 1270. The molecule has 3 heterocycles. The van der Waals surface area contributed by atoms with Gasteiger partial charge in [0.15, 0.2) is 5.78 Å². The van der Waals surface area contributed by atoms with E-state index in [2.05, 4.69) is 10.1 Å². The summed E-state index contributed by atoms with van der Waals surface area (Å²) in [6.45, 7) is 4.27. The fourth-order valence-electron chi connectivity index (χ4n) is 4.81. The van der Waals surface area contributed by atoms with Crippen molar-refractivity contribution in [2.45, 2.75) is 32.8 Å². The summed E-state index contributed by atoms with van der Waals surface area (Å²) in [7, 11) is 0. The summed E-state index contributed by atoms with van der Waals surface area (Å²) in [5.41, 5.74) is 2.84. The number of rotatable bonds is 4. The topological polar surface area (TPSA) is 77.3 Å². The minimum absolute atomic E-state index is 0.124. The number of amides is 1. The van der Waals surface area contributed by atoms with Crippen LogP contribution in [0.4, 0.5) is 9.18 Å². The van der Waals surface area contributed by atoms with Crippen LogP contribution in [0.25, 0.3) is 11.8 Å². The Morgan fingerprint density at radius 3 is 2.65 bits per heavy atom. The van der Waals surface area contributed by atoms with Crippen molar-refractivity contribution in [3.63, 3.8) is 0 Å². The third-order valence-corrected chi connectivity index (χ3v) is 6.41. The minimum atomic E-state index is -0.952. The van der Waals surface area contributed by atoms with Gasteiger partial charge < -0.3 is 9.64 Å². The number of hydrogen-bond acceptors (Lipinski definition) is 5. The Kier molecular flexibility index (Phi) is 5.51. The van der Waals surface area contributed by atoms with Gasteiger partial charge in [-0.15, -0.1) is 0 Å². The van der Waals surface area contributed by atoms with E-state index in [0.717, 1.165) is 22.5 Å². The molecule has 0 saturated carbocycles. The molecule has 5 rings (SSSR count). The zero-order chi connectivity index (χ0) is 23.9. The molecule has 1 fully saturated rings. The van der Waals surface area contributed by atoms with Crippen LogP contribution in [0, 0.1) is 11.2 Å². The van der Waals surface area contributed by atoms with Crippen molar-refractivity contribution in [1.29, 1.82) is 0 Å². The average Bonchev–Trinajstić information content (AvgIpc) is 3.24. The van der Waals surface area contributed by atoms with Gasteiger partial charge in [0.2, 0.25) is 0 Å². The van der Waals surface area contributed by atoms with Crippen LogP contribution in [0.2, 0.25) is 0 Å². The Morgan fingerprint density at radius 1 is 1.15 bits per heavy atom.